The maximum Gasteiger partial charge on any atom is 0.416 e. The van der Waals surface area contributed by atoms with Gasteiger partial charge in [-0.3, -0.25) is 4.98 Å². The van der Waals surface area contributed by atoms with Crippen molar-refractivity contribution in [2.45, 2.75) is 19.1 Å². The van der Waals surface area contributed by atoms with Gasteiger partial charge in [-0.15, -0.1) is 10.2 Å². The molecule has 0 saturated heterocycles. The van der Waals surface area contributed by atoms with Gasteiger partial charge in [-0.2, -0.15) is 18.0 Å². The van der Waals surface area contributed by atoms with Crippen LogP contribution < -0.4 is 4.74 Å². The van der Waals surface area contributed by atoms with E-state index in [1.54, 1.807) is 18.5 Å². The first-order valence-electron chi connectivity index (χ1n) is 9.54. The Morgan fingerprint density at radius 2 is 1.74 bits per heavy atom. The minimum Gasteiger partial charge on any atom is -0.490 e. The largest absolute Gasteiger partial charge is 0.490 e. The molecule has 9 heteroatoms. The molecule has 0 radical (unpaired) electrons. The highest BCUT2D eigenvalue weighted by Gasteiger charge is 2.29. The maximum absolute atomic E-state index is 12.8. The summed E-state index contributed by atoms with van der Waals surface area (Å²) in [5.74, 6) is 1.11. The highest BCUT2D eigenvalue weighted by Crippen LogP contribution is 2.30. The van der Waals surface area contributed by atoms with E-state index >= 15 is 0 Å². The molecule has 2 heterocycles. The van der Waals surface area contributed by atoms with Crippen LogP contribution in [-0.4, -0.2) is 31.8 Å². The Hall–Kier alpha value is -3.75. The molecule has 0 bridgehead atoms. The van der Waals surface area contributed by atoms with Crippen molar-refractivity contribution >= 4 is 0 Å². The van der Waals surface area contributed by atoms with E-state index in [0.29, 0.717) is 31.1 Å². The van der Waals surface area contributed by atoms with Crippen LogP contribution in [0, 0.1) is 0 Å². The van der Waals surface area contributed by atoms with E-state index in [1.807, 2.05) is 30.3 Å². The van der Waals surface area contributed by atoms with Crippen LogP contribution in [-0.2, 0) is 19.1 Å². The van der Waals surface area contributed by atoms with Crippen molar-refractivity contribution in [2.75, 3.05) is 6.61 Å². The normalized spacial score (nSPS) is 11.5. The second-order valence-corrected chi connectivity index (χ2v) is 6.77. The fourth-order valence-corrected chi connectivity index (χ4v) is 3.05. The van der Waals surface area contributed by atoms with E-state index in [1.165, 1.54) is 16.9 Å². The summed E-state index contributed by atoms with van der Waals surface area (Å²) < 4.78 is 43.9. The average molecular weight is 425 g/mol. The molecule has 158 valence electrons. The third-order valence-electron chi connectivity index (χ3n) is 4.58. The van der Waals surface area contributed by atoms with E-state index in [-0.39, 0.29) is 0 Å². The summed E-state index contributed by atoms with van der Waals surface area (Å²) >= 11 is 0. The van der Waals surface area contributed by atoms with Crippen molar-refractivity contribution in [2.24, 2.45) is 0 Å². The molecule has 2 aromatic heterocycles. The smallest absolute Gasteiger partial charge is 0.416 e. The van der Waals surface area contributed by atoms with Crippen molar-refractivity contribution in [3.05, 3.63) is 89.7 Å². The molecule has 31 heavy (non-hydrogen) atoms. The van der Waals surface area contributed by atoms with Gasteiger partial charge in [0.05, 0.1) is 18.3 Å². The first kappa shape index (κ1) is 20.5. The SMILES string of the molecule is FC(F)(F)c1ccc(Cc2ccccc2-c2nnn(CCOc3cccnc3)n2)cc1. The van der Waals surface area contributed by atoms with Crippen molar-refractivity contribution in [1.82, 2.24) is 25.2 Å². The summed E-state index contributed by atoms with van der Waals surface area (Å²) in [6.45, 7) is 0.762. The fourth-order valence-electron chi connectivity index (χ4n) is 3.05. The van der Waals surface area contributed by atoms with Gasteiger partial charge in [-0.25, -0.2) is 0 Å². The Balaban J connectivity index is 1.45. The van der Waals surface area contributed by atoms with Crippen LogP contribution in [0.3, 0.4) is 0 Å². The van der Waals surface area contributed by atoms with Crippen LogP contribution in [0.5, 0.6) is 5.75 Å². The predicted molar refractivity (Wildman–Crippen MR) is 107 cm³/mol. The molecule has 0 aliphatic rings. The van der Waals surface area contributed by atoms with Crippen LogP contribution in [0.2, 0.25) is 0 Å². The van der Waals surface area contributed by atoms with E-state index in [9.17, 15) is 13.2 Å². The molecule has 0 unspecified atom stereocenters. The van der Waals surface area contributed by atoms with E-state index < -0.39 is 11.7 Å². The lowest BCUT2D eigenvalue weighted by Crippen LogP contribution is -2.11. The van der Waals surface area contributed by atoms with Crippen LogP contribution >= 0.6 is 0 Å². The van der Waals surface area contributed by atoms with Gasteiger partial charge in [0.15, 0.2) is 0 Å². The highest BCUT2D eigenvalue weighted by molar-refractivity contribution is 5.60. The van der Waals surface area contributed by atoms with Gasteiger partial charge in [0, 0.05) is 11.8 Å². The van der Waals surface area contributed by atoms with E-state index in [2.05, 4.69) is 20.4 Å². The van der Waals surface area contributed by atoms with Gasteiger partial charge in [0.2, 0.25) is 5.82 Å². The predicted octanol–water partition coefficient (Wildman–Crippen LogP) is 4.42. The summed E-state index contributed by atoms with van der Waals surface area (Å²) in [5, 5.41) is 12.6. The Bertz CT molecular complexity index is 1130. The molecule has 0 fully saturated rings. The number of ether oxygens (including phenoxy) is 1. The molecule has 0 atom stereocenters. The fraction of sp³-hybridized carbons (Fsp3) is 0.182. The third-order valence-corrected chi connectivity index (χ3v) is 4.58. The minimum absolute atomic E-state index is 0.356. The lowest BCUT2D eigenvalue weighted by atomic mass is 9.98. The molecule has 6 nitrogen and oxygen atoms in total. The standard InChI is InChI=1S/C22H18F3N5O/c23-22(24,25)18-9-7-16(8-10-18)14-17-4-1-2-6-20(17)21-27-29-30(28-21)12-13-31-19-5-3-11-26-15-19/h1-11,15H,12-14H2. The quantitative estimate of drug-likeness (QED) is 0.439. The molecule has 0 spiro atoms. The number of benzene rings is 2. The highest BCUT2D eigenvalue weighted by atomic mass is 19.4. The maximum atomic E-state index is 12.8. The number of halogens is 3. The zero-order valence-electron chi connectivity index (χ0n) is 16.3. The number of nitrogens with zero attached hydrogens (tertiary/aromatic N) is 5. The van der Waals surface area contributed by atoms with E-state index in [4.69, 9.17) is 4.74 Å². The van der Waals surface area contributed by atoms with Crippen LogP contribution in [0.4, 0.5) is 13.2 Å². The van der Waals surface area contributed by atoms with Crippen molar-refractivity contribution in [1.29, 1.82) is 0 Å². The Kier molecular flexibility index (Phi) is 5.92. The molecule has 0 N–H and O–H groups in total. The van der Waals surface area contributed by atoms with Crippen molar-refractivity contribution in [3.63, 3.8) is 0 Å². The molecule has 4 rings (SSSR count). The summed E-state index contributed by atoms with van der Waals surface area (Å²) in [7, 11) is 0. The third kappa shape index (κ3) is 5.25. The van der Waals surface area contributed by atoms with Crippen LogP contribution in [0.1, 0.15) is 16.7 Å². The molecular formula is C22H18F3N5O. The molecule has 0 amide bonds. The number of aromatic nitrogens is 5. The topological polar surface area (TPSA) is 65.7 Å². The Morgan fingerprint density at radius 3 is 2.48 bits per heavy atom. The van der Waals surface area contributed by atoms with Gasteiger partial charge in [0.1, 0.15) is 12.4 Å². The monoisotopic (exact) mass is 425 g/mol. The molecule has 0 saturated carbocycles. The second-order valence-electron chi connectivity index (χ2n) is 6.77. The molecule has 0 aliphatic carbocycles. The van der Waals surface area contributed by atoms with Crippen LogP contribution in [0.25, 0.3) is 11.4 Å². The Labute approximate surface area is 176 Å². The van der Waals surface area contributed by atoms with E-state index in [0.717, 1.165) is 28.8 Å². The number of hydrogen-bond acceptors (Lipinski definition) is 5. The zero-order valence-corrected chi connectivity index (χ0v) is 16.3. The minimum atomic E-state index is -4.35. The van der Waals surface area contributed by atoms with Crippen molar-refractivity contribution in [3.8, 4) is 17.1 Å². The Morgan fingerprint density at radius 1 is 0.935 bits per heavy atom. The summed E-state index contributed by atoms with van der Waals surface area (Å²) in [5.41, 5.74) is 1.77. The lowest BCUT2D eigenvalue weighted by molar-refractivity contribution is -0.137. The second kappa shape index (κ2) is 8.95. The number of pyridine rings is 1. The number of rotatable bonds is 7. The average Bonchev–Trinajstić information content (AvgIpc) is 3.23. The first-order chi connectivity index (χ1) is 15.0. The molecule has 0 aliphatic heterocycles. The van der Waals surface area contributed by atoms with Crippen molar-refractivity contribution < 1.29 is 17.9 Å². The summed E-state index contributed by atoms with van der Waals surface area (Å²) in [6, 6.07) is 16.3. The van der Waals surface area contributed by atoms with Gasteiger partial charge >= 0.3 is 6.18 Å². The molecular weight excluding hydrogens is 407 g/mol. The first-order valence-corrected chi connectivity index (χ1v) is 9.54. The zero-order chi connectivity index (χ0) is 21.7. The van der Waals surface area contributed by atoms with Gasteiger partial charge in [-0.05, 0) is 47.0 Å². The summed E-state index contributed by atoms with van der Waals surface area (Å²) in [4.78, 5) is 5.43. The van der Waals surface area contributed by atoms with Crippen LogP contribution in [0.15, 0.2) is 73.1 Å². The molecule has 2 aromatic carbocycles. The number of tetrazole rings is 1. The van der Waals surface area contributed by atoms with Gasteiger partial charge in [0.25, 0.3) is 0 Å². The molecule has 4 aromatic rings. The van der Waals surface area contributed by atoms with Gasteiger partial charge < -0.3 is 4.74 Å². The number of hydrogen-bond donors (Lipinski definition) is 0. The van der Waals surface area contributed by atoms with Gasteiger partial charge in [-0.1, -0.05) is 36.4 Å². The lowest BCUT2D eigenvalue weighted by Gasteiger charge is -2.09. The summed E-state index contributed by atoms with van der Waals surface area (Å²) in [6.07, 6.45) is -0.607. The number of alkyl halides is 3.